The first-order chi connectivity index (χ1) is 10.9. The highest BCUT2D eigenvalue weighted by Crippen LogP contribution is 2.39. The van der Waals surface area contributed by atoms with Crippen LogP contribution in [0.2, 0.25) is 0 Å². The Kier molecular flexibility index (Phi) is 5.04. The molecule has 0 radical (unpaired) electrons. The van der Waals surface area contributed by atoms with Gasteiger partial charge in [-0.3, -0.25) is 0 Å². The van der Waals surface area contributed by atoms with Crippen molar-refractivity contribution in [3.05, 3.63) is 59.2 Å². The summed E-state index contributed by atoms with van der Waals surface area (Å²) < 4.78 is 0. The number of allylic oxidation sites excluding steroid dienone is 7. The first-order valence-corrected chi connectivity index (χ1v) is 7.92. The minimum absolute atomic E-state index is 0.291. The SMILES string of the molecule is C=C/C(=C\C)C1C(C)=CC(C)=C(Nc2ncnc(C)c2N)C1C. The molecule has 0 saturated heterocycles. The monoisotopic (exact) mass is 310 g/mol. The number of hydrogen-bond donors (Lipinski definition) is 2. The number of nitrogens with zero attached hydrogens (tertiary/aromatic N) is 2. The van der Waals surface area contributed by atoms with Gasteiger partial charge in [-0.05, 0) is 38.8 Å². The molecule has 0 saturated carbocycles. The molecular formula is C19H26N4. The lowest BCUT2D eigenvalue weighted by atomic mass is 9.75. The second kappa shape index (κ2) is 6.82. The van der Waals surface area contributed by atoms with Gasteiger partial charge in [-0.1, -0.05) is 37.3 Å². The fraction of sp³-hybridized carbons (Fsp3) is 0.368. The van der Waals surface area contributed by atoms with E-state index in [0.717, 1.165) is 11.4 Å². The van der Waals surface area contributed by atoms with E-state index in [1.54, 1.807) is 0 Å². The van der Waals surface area contributed by atoms with Gasteiger partial charge < -0.3 is 11.1 Å². The number of nitrogens with two attached hydrogens (primary N) is 1. The molecule has 0 spiro atoms. The normalized spacial score (nSPS) is 22.0. The van der Waals surface area contributed by atoms with Crippen LogP contribution in [0, 0.1) is 18.8 Å². The molecule has 1 aromatic heterocycles. The van der Waals surface area contributed by atoms with E-state index in [1.165, 1.54) is 23.0 Å². The van der Waals surface area contributed by atoms with Crippen molar-refractivity contribution in [2.24, 2.45) is 11.8 Å². The third kappa shape index (κ3) is 3.21. The zero-order valence-corrected chi connectivity index (χ0v) is 14.6. The molecule has 2 unspecified atom stereocenters. The Morgan fingerprint density at radius 2 is 2.00 bits per heavy atom. The maximum Gasteiger partial charge on any atom is 0.157 e. The van der Waals surface area contributed by atoms with Crippen LogP contribution in [-0.4, -0.2) is 9.97 Å². The zero-order valence-electron chi connectivity index (χ0n) is 14.6. The van der Waals surface area contributed by atoms with Gasteiger partial charge in [-0.25, -0.2) is 9.97 Å². The number of nitrogens with one attached hydrogen (secondary N) is 1. The first kappa shape index (κ1) is 17.0. The summed E-state index contributed by atoms with van der Waals surface area (Å²) in [5.41, 5.74) is 12.4. The van der Waals surface area contributed by atoms with Crippen LogP contribution in [0.1, 0.15) is 33.4 Å². The second-order valence-corrected chi connectivity index (χ2v) is 6.09. The highest BCUT2D eigenvalue weighted by molar-refractivity contribution is 5.66. The van der Waals surface area contributed by atoms with Crippen molar-refractivity contribution in [3.8, 4) is 0 Å². The van der Waals surface area contributed by atoms with Gasteiger partial charge in [0.25, 0.3) is 0 Å². The van der Waals surface area contributed by atoms with Crippen molar-refractivity contribution in [2.45, 2.75) is 34.6 Å². The summed E-state index contributed by atoms with van der Waals surface area (Å²) in [5.74, 6) is 1.28. The zero-order chi connectivity index (χ0) is 17.1. The summed E-state index contributed by atoms with van der Waals surface area (Å²) in [5, 5.41) is 3.44. The average molecular weight is 310 g/mol. The summed E-state index contributed by atoms with van der Waals surface area (Å²) in [6.07, 6.45) is 7.84. The van der Waals surface area contributed by atoms with Gasteiger partial charge in [-0.2, -0.15) is 0 Å². The van der Waals surface area contributed by atoms with E-state index in [0.29, 0.717) is 23.3 Å². The van der Waals surface area contributed by atoms with Gasteiger partial charge in [-0.15, -0.1) is 0 Å². The number of anilines is 2. The lowest BCUT2D eigenvalue weighted by Crippen LogP contribution is -2.25. The highest BCUT2D eigenvalue weighted by Gasteiger charge is 2.29. The Labute approximate surface area is 138 Å². The molecular weight excluding hydrogens is 284 g/mol. The third-order valence-corrected chi connectivity index (χ3v) is 4.58. The van der Waals surface area contributed by atoms with E-state index in [2.05, 4.69) is 61.7 Å². The second-order valence-electron chi connectivity index (χ2n) is 6.09. The molecule has 2 atom stereocenters. The Balaban J connectivity index is 2.43. The first-order valence-electron chi connectivity index (χ1n) is 7.92. The lowest BCUT2D eigenvalue weighted by molar-refractivity contribution is 0.523. The van der Waals surface area contributed by atoms with Crippen LogP contribution in [0.15, 0.2) is 53.6 Å². The summed E-state index contributed by atoms with van der Waals surface area (Å²) in [4.78, 5) is 8.42. The molecule has 1 aromatic rings. The van der Waals surface area contributed by atoms with Crippen LogP contribution in [0.3, 0.4) is 0 Å². The van der Waals surface area contributed by atoms with Crippen LogP contribution >= 0.6 is 0 Å². The minimum atomic E-state index is 0.291. The van der Waals surface area contributed by atoms with E-state index in [4.69, 9.17) is 5.73 Å². The third-order valence-electron chi connectivity index (χ3n) is 4.58. The average Bonchev–Trinajstić information content (AvgIpc) is 2.51. The minimum Gasteiger partial charge on any atom is -0.394 e. The topological polar surface area (TPSA) is 63.8 Å². The van der Waals surface area contributed by atoms with E-state index in [-0.39, 0.29) is 0 Å². The van der Waals surface area contributed by atoms with E-state index in [1.807, 2.05) is 13.0 Å². The van der Waals surface area contributed by atoms with Crippen molar-refractivity contribution in [3.63, 3.8) is 0 Å². The molecule has 1 aliphatic rings. The fourth-order valence-electron chi connectivity index (χ4n) is 3.33. The molecule has 122 valence electrons. The summed E-state index contributed by atoms with van der Waals surface area (Å²) in [7, 11) is 0. The van der Waals surface area contributed by atoms with Crippen LogP contribution in [0.5, 0.6) is 0 Å². The molecule has 0 aliphatic heterocycles. The molecule has 3 N–H and O–H groups in total. The van der Waals surface area contributed by atoms with E-state index < -0.39 is 0 Å². The van der Waals surface area contributed by atoms with Crippen LogP contribution in [0.25, 0.3) is 0 Å². The predicted molar refractivity (Wildman–Crippen MR) is 97.9 cm³/mol. The molecule has 1 heterocycles. The maximum atomic E-state index is 6.11. The summed E-state index contributed by atoms with van der Waals surface area (Å²) in [6, 6.07) is 0. The molecule has 4 nitrogen and oxygen atoms in total. The van der Waals surface area contributed by atoms with Crippen molar-refractivity contribution < 1.29 is 0 Å². The molecule has 1 aliphatic carbocycles. The molecule has 23 heavy (non-hydrogen) atoms. The number of rotatable bonds is 4. The smallest absolute Gasteiger partial charge is 0.157 e. The van der Waals surface area contributed by atoms with Gasteiger partial charge in [0, 0.05) is 17.5 Å². The van der Waals surface area contributed by atoms with Crippen LogP contribution in [-0.2, 0) is 0 Å². The highest BCUT2D eigenvalue weighted by atomic mass is 15.1. The summed E-state index contributed by atoms with van der Waals surface area (Å²) in [6.45, 7) is 14.4. The summed E-state index contributed by atoms with van der Waals surface area (Å²) >= 11 is 0. The number of aromatic nitrogens is 2. The number of aryl methyl sites for hydroxylation is 1. The Bertz CT molecular complexity index is 710. The Morgan fingerprint density at radius 1 is 1.30 bits per heavy atom. The van der Waals surface area contributed by atoms with Gasteiger partial charge >= 0.3 is 0 Å². The van der Waals surface area contributed by atoms with Crippen molar-refractivity contribution in [1.82, 2.24) is 9.97 Å². The quantitative estimate of drug-likeness (QED) is 0.809. The molecule has 0 fully saturated rings. The lowest BCUT2D eigenvalue weighted by Gasteiger charge is -2.33. The number of nitrogen functional groups attached to an aromatic ring is 1. The van der Waals surface area contributed by atoms with E-state index in [9.17, 15) is 0 Å². The largest absolute Gasteiger partial charge is 0.394 e. The van der Waals surface area contributed by atoms with Crippen LogP contribution in [0.4, 0.5) is 11.5 Å². The van der Waals surface area contributed by atoms with Crippen molar-refractivity contribution >= 4 is 11.5 Å². The van der Waals surface area contributed by atoms with Crippen LogP contribution < -0.4 is 11.1 Å². The van der Waals surface area contributed by atoms with Crippen molar-refractivity contribution in [2.75, 3.05) is 11.1 Å². The Morgan fingerprint density at radius 3 is 2.61 bits per heavy atom. The molecule has 0 amide bonds. The van der Waals surface area contributed by atoms with Gasteiger partial charge in [0.05, 0.1) is 11.4 Å². The van der Waals surface area contributed by atoms with E-state index >= 15 is 0 Å². The predicted octanol–water partition coefficient (Wildman–Crippen LogP) is 4.40. The fourth-order valence-corrected chi connectivity index (χ4v) is 3.33. The molecule has 0 bridgehead atoms. The molecule has 2 rings (SSSR count). The molecule has 4 heteroatoms. The molecule has 0 aromatic carbocycles. The van der Waals surface area contributed by atoms with Gasteiger partial charge in [0.2, 0.25) is 0 Å². The van der Waals surface area contributed by atoms with Crippen molar-refractivity contribution in [1.29, 1.82) is 0 Å². The maximum absolute atomic E-state index is 6.11. The van der Waals surface area contributed by atoms with Gasteiger partial charge in [0.1, 0.15) is 6.33 Å². The standard InChI is InChI=1S/C19H26N4/c1-7-15(8-2)16-11(3)9-12(4)18(13(16)5)23-19-17(20)14(6)21-10-22-19/h7-10,13,16H,1,20H2,2-6H3,(H,21,22,23)/b15-8+. The number of hydrogen-bond acceptors (Lipinski definition) is 4. The Hall–Kier alpha value is -2.36. The van der Waals surface area contributed by atoms with Gasteiger partial charge in [0.15, 0.2) is 5.82 Å².